The van der Waals surface area contributed by atoms with Crippen LogP contribution in [-0.2, 0) is 9.47 Å². The molecule has 6 heteroatoms. The molecule has 1 heterocycles. The van der Waals surface area contributed by atoms with Gasteiger partial charge in [-0.25, -0.2) is 4.79 Å². The van der Waals surface area contributed by atoms with Crippen molar-refractivity contribution in [1.82, 2.24) is 4.90 Å². The summed E-state index contributed by atoms with van der Waals surface area (Å²) < 4.78 is 10.8. The minimum Gasteiger partial charge on any atom is -0.444 e. The number of thiocarbonyl (C=S) groups is 1. The second kappa shape index (κ2) is 5.18. The van der Waals surface area contributed by atoms with Crippen molar-refractivity contribution in [2.45, 2.75) is 45.5 Å². The number of nitrogens with two attached hydrogens (primary N) is 1. The molecule has 1 amide bonds. The first-order chi connectivity index (χ1) is 7.69. The summed E-state index contributed by atoms with van der Waals surface area (Å²) in [6, 6.07) is 0. The van der Waals surface area contributed by atoms with E-state index in [0.717, 1.165) is 0 Å². The summed E-state index contributed by atoms with van der Waals surface area (Å²) in [4.78, 5) is 13.7. The molecule has 2 N–H and O–H groups in total. The molecule has 0 aromatic rings. The minimum absolute atomic E-state index is 0.0947. The van der Waals surface area contributed by atoms with Gasteiger partial charge in [0.2, 0.25) is 0 Å². The van der Waals surface area contributed by atoms with Gasteiger partial charge in [0.05, 0.1) is 19.2 Å². The summed E-state index contributed by atoms with van der Waals surface area (Å²) in [7, 11) is 0. The van der Waals surface area contributed by atoms with Gasteiger partial charge in [-0.15, -0.1) is 0 Å². The molecule has 1 aliphatic heterocycles. The Balaban J connectivity index is 2.64. The van der Waals surface area contributed by atoms with E-state index in [1.807, 2.05) is 27.7 Å². The fraction of sp³-hybridized carbons (Fsp3) is 0.818. The fourth-order valence-corrected chi connectivity index (χ4v) is 1.71. The molecule has 0 spiro atoms. The van der Waals surface area contributed by atoms with Gasteiger partial charge in [0.1, 0.15) is 16.7 Å². The van der Waals surface area contributed by atoms with Crippen LogP contribution >= 0.6 is 12.2 Å². The molecule has 5 nitrogen and oxygen atoms in total. The van der Waals surface area contributed by atoms with Crippen molar-refractivity contribution in [3.63, 3.8) is 0 Å². The second-order valence-corrected chi connectivity index (χ2v) is 5.69. The van der Waals surface area contributed by atoms with E-state index in [2.05, 4.69) is 0 Å². The van der Waals surface area contributed by atoms with E-state index in [0.29, 0.717) is 13.1 Å². The molecule has 0 aliphatic carbocycles. The zero-order valence-corrected chi connectivity index (χ0v) is 11.5. The lowest BCUT2D eigenvalue weighted by atomic mass is 10.2. The van der Waals surface area contributed by atoms with Crippen LogP contribution < -0.4 is 5.73 Å². The van der Waals surface area contributed by atoms with Crippen molar-refractivity contribution < 1.29 is 14.3 Å². The highest BCUT2D eigenvalue weighted by molar-refractivity contribution is 7.80. The molecular formula is C11H20N2O3S. The fourth-order valence-electron chi connectivity index (χ4n) is 1.58. The molecule has 1 fully saturated rings. The topological polar surface area (TPSA) is 64.8 Å². The van der Waals surface area contributed by atoms with Crippen molar-refractivity contribution >= 4 is 23.3 Å². The van der Waals surface area contributed by atoms with Crippen molar-refractivity contribution in [3.05, 3.63) is 0 Å². The van der Waals surface area contributed by atoms with Crippen molar-refractivity contribution in [2.24, 2.45) is 5.73 Å². The maximum absolute atomic E-state index is 11.9. The Labute approximate surface area is 107 Å². The molecule has 0 unspecified atom stereocenters. The van der Waals surface area contributed by atoms with Crippen LogP contribution in [0.3, 0.4) is 0 Å². The van der Waals surface area contributed by atoms with Gasteiger partial charge >= 0.3 is 6.09 Å². The first kappa shape index (κ1) is 14.2. The third kappa shape index (κ3) is 4.47. The number of rotatable bonds is 1. The van der Waals surface area contributed by atoms with E-state index in [9.17, 15) is 4.79 Å². The molecule has 17 heavy (non-hydrogen) atoms. The summed E-state index contributed by atoms with van der Waals surface area (Å²) in [6.45, 7) is 8.23. The van der Waals surface area contributed by atoms with Crippen LogP contribution in [0, 0.1) is 0 Å². The Kier molecular flexibility index (Phi) is 4.32. The van der Waals surface area contributed by atoms with Crippen LogP contribution in [0.2, 0.25) is 0 Å². The number of carbonyl (C=O) groups is 1. The van der Waals surface area contributed by atoms with Gasteiger partial charge in [-0.05, 0) is 27.7 Å². The maximum atomic E-state index is 11.9. The van der Waals surface area contributed by atoms with Crippen LogP contribution in [0.1, 0.15) is 27.7 Å². The Morgan fingerprint density at radius 1 is 1.47 bits per heavy atom. The summed E-state index contributed by atoms with van der Waals surface area (Å²) in [5.41, 5.74) is 5.04. The summed E-state index contributed by atoms with van der Waals surface area (Å²) in [5, 5.41) is 0. The average Bonchev–Trinajstić information content (AvgIpc) is 2.13. The summed E-state index contributed by atoms with van der Waals surface area (Å²) in [6.07, 6.45) is -0.835. The molecule has 0 aromatic heterocycles. The standard InChI is InChI=1S/C11H20N2O3S/c1-7-5-13(6-8(15-7)9(12)17)10(14)16-11(2,3)4/h7-8H,5-6H2,1-4H3,(H2,12,17)/t7-,8-/m1/s1. The van der Waals surface area contributed by atoms with E-state index in [4.69, 9.17) is 27.4 Å². The van der Waals surface area contributed by atoms with Gasteiger partial charge < -0.3 is 20.1 Å². The third-order valence-corrected chi connectivity index (χ3v) is 2.49. The van der Waals surface area contributed by atoms with Crippen molar-refractivity contribution in [1.29, 1.82) is 0 Å². The molecule has 0 bridgehead atoms. The van der Waals surface area contributed by atoms with Crippen LogP contribution in [0.5, 0.6) is 0 Å². The van der Waals surface area contributed by atoms with E-state index >= 15 is 0 Å². The zero-order chi connectivity index (χ0) is 13.2. The van der Waals surface area contributed by atoms with Gasteiger partial charge in [0, 0.05) is 0 Å². The predicted molar refractivity (Wildman–Crippen MR) is 68.9 cm³/mol. The quantitative estimate of drug-likeness (QED) is 0.720. The molecule has 98 valence electrons. The number of carbonyl (C=O) groups excluding carboxylic acids is 1. The van der Waals surface area contributed by atoms with Crippen LogP contribution in [-0.4, -0.2) is 46.9 Å². The van der Waals surface area contributed by atoms with Gasteiger partial charge in [0.15, 0.2) is 0 Å². The normalized spacial score (nSPS) is 25.5. The van der Waals surface area contributed by atoms with Gasteiger partial charge in [-0.3, -0.25) is 0 Å². The lowest BCUT2D eigenvalue weighted by Crippen LogP contribution is -2.53. The van der Waals surface area contributed by atoms with Gasteiger partial charge in [-0.1, -0.05) is 12.2 Å². The second-order valence-electron chi connectivity index (χ2n) is 5.22. The van der Waals surface area contributed by atoms with Gasteiger partial charge in [-0.2, -0.15) is 0 Å². The van der Waals surface area contributed by atoms with Crippen LogP contribution in [0.25, 0.3) is 0 Å². The maximum Gasteiger partial charge on any atom is 0.410 e. The molecule has 0 radical (unpaired) electrons. The van der Waals surface area contributed by atoms with Crippen LogP contribution in [0.4, 0.5) is 4.79 Å². The molecule has 2 atom stereocenters. The SMILES string of the molecule is C[C@@H]1CN(C(=O)OC(C)(C)C)C[C@H](C(N)=S)O1. The monoisotopic (exact) mass is 260 g/mol. The highest BCUT2D eigenvalue weighted by atomic mass is 32.1. The summed E-state index contributed by atoms with van der Waals surface area (Å²) >= 11 is 4.89. The van der Waals surface area contributed by atoms with E-state index in [1.54, 1.807) is 4.90 Å². The lowest BCUT2D eigenvalue weighted by Gasteiger charge is -2.36. The number of nitrogens with zero attached hydrogens (tertiary/aromatic N) is 1. The smallest absolute Gasteiger partial charge is 0.410 e. The Bertz CT molecular complexity index is 314. The van der Waals surface area contributed by atoms with Crippen LogP contribution in [0.15, 0.2) is 0 Å². The molecule has 1 saturated heterocycles. The van der Waals surface area contributed by atoms with Crippen molar-refractivity contribution in [3.8, 4) is 0 Å². The first-order valence-electron chi connectivity index (χ1n) is 5.62. The van der Waals surface area contributed by atoms with Gasteiger partial charge in [0.25, 0.3) is 0 Å². The van der Waals surface area contributed by atoms with E-state index in [1.165, 1.54) is 0 Å². The molecule has 1 aliphatic rings. The number of hydrogen-bond donors (Lipinski definition) is 1. The Morgan fingerprint density at radius 2 is 2.06 bits per heavy atom. The number of hydrogen-bond acceptors (Lipinski definition) is 4. The minimum atomic E-state index is -0.503. The molecular weight excluding hydrogens is 240 g/mol. The lowest BCUT2D eigenvalue weighted by molar-refractivity contribution is -0.0547. The first-order valence-corrected chi connectivity index (χ1v) is 6.02. The third-order valence-electron chi connectivity index (χ3n) is 2.23. The average molecular weight is 260 g/mol. The van der Waals surface area contributed by atoms with Crippen molar-refractivity contribution in [2.75, 3.05) is 13.1 Å². The Hall–Kier alpha value is -0.880. The van der Waals surface area contributed by atoms with E-state index < -0.39 is 5.60 Å². The number of amides is 1. The van der Waals surface area contributed by atoms with E-state index in [-0.39, 0.29) is 23.3 Å². The molecule has 1 rings (SSSR count). The largest absolute Gasteiger partial charge is 0.444 e. The highest BCUT2D eigenvalue weighted by Crippen LogP contribution is 2.16. The number of morpholine rings is 1. The zero-order valence-electron chi connectivity index (χ0n) is 10.7. The predicted octanol–water partition coefficient (Wildman–Crippen LogP) is 1.30. The highest BCUT2D eigenvalue weighted by Gasteiger charge is 2.32. The molecule has 0 aromatic carbocycles. The number of ether oxygens (including phenoxy) is 2. The summed E-state index contributed by atoms with van der Waals surface area (Å²) in [5.74, 6) is 0. The molecule has 0 saturated carbocycles. The Morgan fingerprint density at radius 3 is 2.53 bits per heavy atom.